The molecule has 0 aromatic rings. The summed E-state index contributed by atoms with van der Waals surface area (Å²) in [7, 11) is 0. The number of allylic oxidation sites excluding steroid dienone is 6. The van der Waals surface area contributed by atoms with Crippen molar-refractivity contribution in [3.05, 3.63) is 70.9 Å². The monoisotopic (exact) mass is 504 g/mol. The number of carbonyl (C=O) groups is 2. The molecule has 0 aromatic heterocycles. The van der Waals surface area contributed by atoms with Gasteiger partial charge in [-0.3, -0.25) is 0 Å². The lowest BCUT2D eigenvalue weighted by molar-refractivity contribution is -0.158. The third kappa shape index (κ3) is 5.09. The van der Waals surface area contributed by atoms with Gasteiger partial charge in [-0.1, -0.05) is 103 Å². The average Bonchev–Trinajstić information content (AvgIpc) is 3.46. The van der Waals surface area contributed by atoms with Crippen LogP contribution in [0.25, 0.3) is 0 Å². The topological polar surface area (TPSA) is 52.6 Å². The second kappa shape index (κ2) is 10.3. The van der Waals surface area contributed by atoms with Crippen molar-refractivity contribution < 1.29 is 19.1 Å². The lowest BCUT2D eigenvalue weighted by atomic mass is 9.78. The quantitative estimate of drug-likeness (QED) is 0.254. The van der Waals surface area contributed by atoms with Crippen LogP contribution >= 0.6 is 0 Å². The van der Waals surface area contributed by atoms with Crippen LogP contribution in [0.15, 0.2) is 70.9 Å². The normalized spacial score (nSPS) is 30.6. The third-order valence-corrected chi connectivity index (χ3v) is 8.90. The van der Waals surface area contributed by atoms with Gasteiger partial charge in [0.15, 0.2) is 0 Å². The summed E-state index contributed by atoms with van der Waals surface area (Å²) in [6.07, 6.45) is 18.5. The molecule has 0 amide bonds. The molecule has 0 aliphatic heterocycles. The highest BCUT2D eigenvalue weighted by atomic mass is 16.6. The number of esters is 2. The Morgan fingerprint density at radius 1 is 0.703 bits per heavy atom. The molecule has 0 fully saturated rings. The zero-order valence-corrected chi connectivity index (χ0v) is 23.8. The van der Waals surface area contributed by atoms with E-state index in [4.69, 9.17) is 9.47 Å². The van der Waals surface area contributed by atoms with Crippen LogP contribution in [0.3, 0.4) is 0 Å². The maximum absolute atomic E-state index is 13.9. The summed E-state index contributed by atoms with van der Waals surface area (Å²) < 4.78 is 12.7. The molecule has 0 heterocycles. The second-order valence-corrected chi connectivity index (χ2v) is 12.5. The highest BCUT2D eigenvalue weighted by Gasteiger charge is 2.48. The fourth-order valence-electron chi connectivity index (χ4n) is 6.01. The lowest BCUT2D eigenvalue weighted by Gasteiger charge is -2.39. The Balaban J connectivity index is 1.63. The zero-order chi connectivity index (χ0) is 27.1. The summed E-state index contributed by atoms with van der Waals surface area (Å²) in [5.74, 6) is -0.0217. The minimum absolute atomic E-state index is 0.0955. The van der Waals surface area contributed by atoms with Gasteiger partial charge in [0.25, 0.3) is 0 Å². The molecule has 0 aromatic carbocycles. The van der Waals surface area contributed by atoms with Crippen molar-refractivity contribution >= 4 is 11.9 Å². The Hall–Kier alpha value is -2.62. The zero-order valence-electron chi connectivity index (χ0n) is 23.8. The number of fused-ring (bicyclic) bond motifs is 2. The van der Waals surface area contributed by atoms with Gasteiger partial charge in [0.05, 0.1) is 11.1 Å². The van der Waals surface area contributed by atoms with Gasteiger partial charge in [0.1, 0.15) is 11.2 Å². The first-order chi connectivity index (χ1) is 17.4. The van der Waals surface area contributed by atoms with E-state index in [-0.39, 0.29) is 35.6 Å². The Morgan fingerprint density at radius 3 is 1.41 bits per heavy atom. The van der Waals surface area contributed by atoms with Crippen LogP contribution in [0.4, 0.5) is 0 Å². The Kier molecular flexibility index (Phi) is 7.61. The molecular formula is C33H44O4. The molecule has 37 heavy (non-hydrogen) atoms. The lowest BCUT2D eigenvalue weighted by Crippen LogP contribution is -2.42. The molecule has 0 spiro atoms. The maximum atomic E-state index is 13.9. The van der Waals surface area contributed by atoms with Gasteiger partial charge in [0, 0.05) is 24.7 Å². The Bertz CT molecular complexity index is 1040. The molecule has 200 valence electrons. The van der Waals surface area contributed by atoms with Crippen molar-refractivity contribution in [2.45, 2.75) is 85.9 Å². The molecule has 4 heteroatoms. The van der Waals surface area contributed by atoms with Crippen molar-refractivity contribution in [3.8, 4) is 0 Å². The molecule has 4 aliphatic carbocycles. The molecule has 4 nitrogen and oxygen atoms in total. The summed E-state index contributed by atoms with van der Waals surface area (Å²) in [5, 5.41) is 0. The predicted octanol–water partition coefficient (Wildman–Crippen LogP) is 7.45. The number of carbonyl (C=O) groups excluding carboxylic acids is 2. The van der Waals surface area contributed by atoms with Crippen LogP contribution in [0.2, 0.25) is 0 Å². The summed E-state index contributed by atoms with van der Waals surface area (Å²) in [4.78, 5) is 27.7. The number of rotatable bonds is 8. The fourth-order valence-corrected chi connectivity index (χ4v) is 6.01. The predicted molar refractivity (Wildman–Crippen MR) is 148 cm³/mol. The van der Waals surface area contributed by atoms with Crippen LogP contribution in [-0.4, -0.2) is 23.1 Å². The Labute approximate surface area is 223 Å². The van der Waals surface area contributed by atoms with Crippen LogP contribution in [0.5, 0.6) is 0 Å². The van der Waals surface area contributed by atoms with E-state index in [9.17, 15) is 9.59 Å². The summed E-state index contributed by atoms with van der Waals surface area (Å²) >= 11 is 0. The van der Waals surface area contributed by atoms with Crippen LogP contribution in [0, 0.1) is 35.5 Å². The van der Waals surface area contributed by atoms with E-state index in [1.807, 2.05) is 24.3 Å². The molecule has 4 aliphatic rings. The molecule has 0 N–H and O–H groups in total. The van der Waals surface area contributed by atoms with Crippen molar-refractivity contribution in [1.82, 2.24) is 0 Å². The smallest absolute Gasteiger partial charge is 0.336 e. The van der Waals surface area contributed by atoms with Crippen LogP contribution in [-0.2, 0) is 19.1 Å². The molecule has 4 unspecified atom stereocenters. The number of hydrogen-bond donors (Lipinski definition) is 0. The van der Waals surface area contributed by atoms with E-state index in [0.29, 0.717) is 35.8 Å². The van der Waals surface area contributed by atoms with Crippen LogP contribution in [0.1, 0.15) is 74.7 Å². The minimum atomic E-state index is -0.721. The average molecular weight is 505 g/mol. The fraction of sp³-hybridized carbons (Fsp3) is 0.576. The van der Waals surface area contributed by atoms with E-state index in [0.717, 1.165) is 6.42 Å². The molecule has 0 radical (unpaired) electrons. The molecule has 2 bridgehead atoms. The first-order valence-electron chi connectivity index (χ1n) is 14.0. The standard InChI is InChI=1S/C33H44O4/c1-20(2)26-11-9-15-32(18-26,22(5)6)36-30(34)28-24-13-14-25(17-24)29(28)31(35)37-33(23(7)8)16-10-12-27(19-33)21(3)4/h9-16,20-25H,17-19H2,1-8H3. The van der Waals surface area contributed by atoms with Crippen molar-refractivity contribution in [3.63, 3.8) is 0 Å². The van der Waals surface area contributed by atoms with Crippen molar-refractivity contribution in [1.29, 1.82) is 0 Å². The van der Waals surface area contributed by atoms with Gasteiger partial charge in [-0.25, -0.2) is 9.59 Å². The van der Waals surface area contributed by atoms with E-state index in [2.05, 4.69) is 79.7 Å². The minimum Gasteiger partial charge on any atom is -0.451 e. The molecule has 0 saturated heterocycles. The molecular weight excluding hydrogens is 460 g/mol. The van der Waals surface area contributed by atoms with Gasteiger partial charge in [-0.15, -0.1) is 0 Å². The van der Waals surface area contributed by atoms with Crippen molar-refractivity contribution in [2.75, 3.05) is 0 Å². The van der Waals surface area contributed by atoms with Gasteiger partial charge in [-0.2, -0.15) is 0 Å². The van der Waals surface area contributed by atoms with E-state index in [1.54, 1.807) is 0 Å². The summed E-state index contributed by atoms with van der Waals surface area (Å²) in [5.41, 5.74) is 2.07. The number of ether oxygens (including phenoxy) is 2. The molecule has 0 saturated carbocycles. The molecule has 4 atom stereocenters. The first kappa shape index (κ1) is 27.4. The van der Waals surface area contributed by atoms with Gasteiger partial charge in [-0.05, 0) is 42.2 Å². The second-order valence-electron chi connectivity index (χ2n) is 12.5. The molecule has 4 rings (SSSR count). The van der Waals surface area contributed by atoms with E-state index in [1.165, 1.54) is 11.1 Å². The maximum Gasteiger partial charge on any atom is 0.336 e. The highest BCUT2D eigenvalue weighted by molar-refractivity contribution is 6.03. The van der Waals surface area contributed by atoms with Gasteiger partial charge in [0.2, 0.25) is 0 Å². The van der Waals surface area contributed by atoms with Gasteiger partial charge >= 0.3 is 11.9 Å². The van der Waals surface area contributed by atoms with E-state index < -0.39 is 11.2 Å². The summed E-state index contributed by atoms with van der Waals surface area (Å²) in [6, 6.07) is 0. The SMILES string of the molecule is CC(C)C1=CC=CC(OC(=O)C2=C(C(=O)OC3(C(C)C)C=CC=C(C(C)C)C3)C3C=CC2C3)(C(C)C)C1. The largest absolute Gasteiger partial charge is 0.451 e. The first-order valence-corrected chi connectivity index (χ1v) is 14.0. The highest BCUT2D eigenvalue weighted by Crippen LogP contribution is 2.48. The van der Waals surface area contributed by atoms with Crippen molar-refractivity contribution in [2.24, 2.45) is 35.5 Å². The third-order valence-electron chi connectivity index (χ3n) is 8.90. The van der Waals surface area contributed by atoms with Gasteiger partial charge < -0.3 is 9.47 Å². The summed E-state index contributed by atoms with van der Waals surface area (Å²) in [6.45, 7) is 17.0. The van der Waals surface area contributed by atoms with Crippen LogP contribution < -0.4 is 0 Å². The Morgan fingerprint density at radius 2 is 1.08 bits per heavy atom. The number of hydrogen-bond acceptors (Lipinski definition) is 4. The van der Waals surface area contributed by atoms with E-state index >= 15 is 0 Å².